The van der Waals surface area contributed by atoms with E-state index in [9.17, 15) is 14.7 Å². The van der Waals surface area contributed by atoms with Crippen LogP contribution in [0.25, 0.3) is 6.20 Å². The van der Waals surface area contributed by atoms with E-state index in [4.69, 9.17) is 4.74 Å². The van der Waals surface area contributed by atoms with Gasteiger partial charge < -0.3 is 20.5 Å². The van der Waals surface area contributed by atoms with Gasteiger partial charge in [0.05, 0.1) is 23.3 Å². The number of carbonyl (C=O) groups is 2. The lowest BCUT2D eigenvalue weighted by Gasteiger charge is -2.58. The van der Waals surface area contributed by atoms with Crippen LogP contribution in [0, 0.1) is 23.2 Å². The minimum atomic E-state index is -0.736. The summed E-state index contributed by atoms with van der Waals surface area (Å²) in [6.07, 6.45) is 9.45. The van der Waals surface area contributed by atoms with Crippen LogP contribution in [-0.2, 0) is 4.79 Å². The predicted molar refractivity (Wildman–Crippen MR) is 126 cm³/mol. The highest BCUT2D eigenvalue weighted by molar-refractivity contribution is 5.96. The summed E-state index contributed by atoms with van der Waals surface area (Å²) in [7, 11) is 0. The summed E-state index contributed by atoms with van der Waals surface area (Å²) in [5.41, 5.74) is -0.882. The van der Waals surface area contributed by atoms with Crippen molar-refractivity contribution >= 4 is 18.0 Å². The Morgan fingerprint density at radius 3 is 2.55 bits per heavy atom. The fourth-order valence-corrected chi connectivity index (χ4v) is 6.12. The molecule has 0 aliphatic heterocycles. The zero-order chi connectivity index (χ0) is 24.0. The number of rotatable bonds is 8. The van der Waals surface area contributed by atoms with E-state index < -0.39 is 11.0 Å². The Kier molecular flexibility index (Phi) is 6.33. The van der Waals surface area contributed by atoms with Crippen LogP contribution < -0.4 is 15.4 Å². The first kappa shape index (κ1) is 23.8. The molecule has 4 aliphatic rings. The lowest BCUT2D eigenvalue weighted by molar-refractivity contribution is -0.137. The van der Waals surface area contributed by atoms with Gasteiger partial charge in [-0.2, -0.15) is 5.10 Å². The summed E-state index contributed by atoms with van der Waals surface area (Å²) in [6.45, 7) is 9.91. The monoisotopic (exact) mass is 458 g/mol. The molecule has 5 rings (SSSR count). The van der Waals surface area contributed by atoms with Gasteiger partial charge in [-0.05, 0) is 84.5 Å². The van der Waals surface area contributed by atoms with E-state index in [1.807, 2.05) is 34.6 Å². The molecule has 8 heteroatoms. The van der Waals surface area contributed by atoms with Gasteiger partial charge in [0.15, 0.2) is 0 Å². The van der Waals surface area contributed by atoms with Crippen molar-refractivity contribution in [2.24, 2.45) is 23.2 Å². The van der Waals surface area contributed by atoms with Crippen LogP contribution >= 0.6 is 0 Å². The van der Waals surface area contributed by atoms with Crippen molar-refractivity contribution in [2.45, 2.75) is 84.5 Å². The van der Waals surface area contributed by atoms with Crippen molar-refractivity contribution in [1.29, 1.82) is 0 Å². The molecular weight excluding hydrogens is 420 g/mol. The highest BCUT2D eigenvalue weighted by Gasteiger charge is 2.55. The highest BCUT2D eigenvalue weighted by atomic mass is 16.5. The van der Waals surface area contributed by atoms with E-state index >= 15 is 0 Å². The zero-order valence-electron chi connectivity index (χ0n) is 20.4. The minimum absolute atomic E-state index is 0.0804. The summed E-state index contributed by atoms with van der Waals surface area (Å²) in [4.78, 5) is 25.7. The van der Waals surface area contributed by atoms with Crippen molar-refractivity contribution in [3.8, 4) is 5.88 Å². The first-order valence-electron chi connectivity index (χ1n) is 12.3. The molecule has 33 heavy (non-hydrogen) atoms. The predicted octanol–water partition coefficient (Wildman–Crippen LogP) is 2.97. The van der Waals surface area contributed by atoms with Crippen molar-refractivity contribution < 1.29 is 19.4 Å². The first-order chi connectivity index (χ1) is 15.5. The molecule has 8 nitrogen and oxygen atoms in total. The SMILES string of the molecule is CCNC(=O)C(C)(C)/C=C/n1ncc(C(=O)N[C@H]2C3CC4CC2C[C@](O)(C4)C3)c1OC(C)C. The summed E-state index contributed by atoms with van der Waals surface area (Å²) in [5.74, 6) is 1.33. The summed E-state index contributed by atoms with van der Waals surface area (Å²) >= 11 is 0. The Balaban J connectivity index is 1.53. The van der Waals surface area contributed by atoms with Crippen LogP contribution in [0.15, 0.2) is 12.3 Å². The van der Waals surface area contributed by atoms with Gasteiger partial charge in [-0.25, -0.2) is 4.68 Å². The molecule has 4 aliphatic carbocycles. The number of carbonyl (C=O) groups excluding carboxylic acids is 2. The Bertz CT molecular complexity index is 919. The second kappa shape index (κ2) is 8.78. The van der Waals surface area contributed by atoms with E-state index in [0.717, 1.165) is 32.1 Å². The van der Waals surface area contributed by atoms with Gasteiger partial charge >= 0.3 is 0 Å². The lowest BCUT2D eigenvalue weighted by Crippen LogP contribution is -2.61. The van der Waals surface area contributed by atoms with Gasteiger partial charge in [0.2, 0.25) is 11.8 Å². The van der Waals surface area contributed by atoms with Crippen LogP contribution in [-0.4, -0.2) is 51.0 Å². The lowest BCUT2D eigenvalue weighted by atomic mass is 9.52. The van der Waals surface area contributed by atoms with Crippen molar-refractivity contribution in [2.75, 3.05) is 6.54 Å². The van der Waals surface area contributed by atoms with Crippen molar-refractivity contribution in [3.63, 3.8) is 0 Å². The molecule has 2 unspecified atom stereocenters. The molecule has 1 heterocycles. The molecular formula is C25H38N4O4. The molecule has 4 fully saturated rings. The number of ether oxygens (including phenoxy) is 1. The molecule has 2 atom stereocenters. The van der Waals surface area contributed by atoms with Crippen LogP contribution in [0.5, 0.6) is 5.88 Å². The summed E-state index contributed by atoms with van der Waals surface area (Å²) in [6, 6.07) is 0.0804. The molecule has 0 spiro atoms. The number of hydrogen-bond donors (Lipinski definition) is 3. The van der Waals surface area contributed by atoms with Gasteiger partial charge in [-0.3, -0.25) is 9.59 Å². The van der Waals surface area contributed by atoms with E-state index in [2.05, 4.69) is 15.7 Å². The average molecular weight is 459 g/mol. The molecule has 4 saturated carbocycles. The van der Waals surface area contributed by atoms with Crippen LogP contribution in [0.2, 0.25) is 0 Å². The maximum Gasteiger partial charge on any atom is 0.258 e. The van der Waals surface area contributed by atoms with Crippen molar-refractivity contribution in [3.05, 3.63) is 17.8 Å². The molecule has 0 radical (unpaired) electrons. The number of amides is 2. The number of nitrogens with one attached hydrogen (secondary N) is 2. The molecule has 2 amide bonds. The topological polar surface area (TPSA) is 105 Å². The average Bonchev–Trinajstić information content (AvgIpc) is 3.10. The smallest absolute Gasteiger partial charge is 0.258 e. The largest absolute Gasteiger partial charge is 0.474 e. The van der Waals surface area contributed by atoms with E-state index in [1.54, 1.807) is 12.3 Å². The third-order valence-electron chi connectivity index (χ3n) is 7.44. The van der Waals surface area contributed by atoms with Gasteiger partial charge in [-0.15, -0.1) is 0 Å². The fraction of sp³-hybridized carbons (Fsp3) is 0.720. The fourth-order valence-electron chi connectivity index (χ4n) is 6.12. The van der Waals surface area contributed by atoms with Crippen LogP contribution in [0.1, 0.15) is 77.1 Å². The summed E-state index contributed by atoms with van der Waals surface area (Å²) < 4.78 is 7.51. The van der Waals surface area contributed by atoms with Gasteiger partial charge in [0.25, 0.3) is 5.91 Å². The highest BCUT2D eigenvalue weighted by Crippen LogP contribution is 2.55. The number of aromatic nitrogens is 2. The Hall–Kier alpha value is -2.35. The molecule has 0 saturated heterocycles. The van der Waals surface area contributed by atoms with Crippen LogP contribution in [0.4, 0.5) is 0 Å². The Morgan fingerprint density at radius 2 is 1.97 bits per heavy atom. The summed E-state index contributed by atoms with van der Waals surface area (Å²) in [5, 5.41) is 21.3. The van der Waals surface area contributed by atoms with Gasteiger partial charge in [0, 0.05) is 18.8 Å². The maximum absolute atomic E-state index is 13.3. The number of aliphatic hydroxyl groups is 1. The molecule has 4 bridgehead atoms. The maximum atomic E-state index is 13.3. The molecule has 1 aromatic heterocycles. The molecule has 0 aromatic carbocycles. The molecule has 1 aromatic rings. The van der Waals surface area contributed by atoms with E-state index in [0.29, 0.717) is 35.7 Å². The molecule has 3 N–H and O–H groups in total. The molecule has 182 valence electrons. The van der Waals surface area contributed by atoms with E-state index in [-0.39, 0.29) is 24.0 Å². The normalized spacial score (nSPS) is 30.8. The standard InChI is InChI=1S/C25H38N4O4/c1-6-26-23(31)24(4,5)7-8-29-22(33-15(2)3)19(14-27-29)21(30)28-20-17-9-16-10-18(20)13-25(32,11-16)12-17/h7-8,14-18,20,32H,6,9-13H2,1-5H3,(H,26,31)(H,28,30)/b8-7+/t16?,17?,18?,20-,25-. The zero-order valence-corrected chi connectivity index (χ0v) is 20.4. The van der Waals surface area contributed by atoms with E-state index in [1.165, 1.54) is 10.9 Å². The number of nitrogens with zero attached hydrogens (tertiary/aromatic N) is 2. The van der Waals surface area contributed by atoms with Gasteiger partial charge in [-0.1, -0.05) is 6.08 Å². The third kappa shape index (κ3) is 4.81. The Morgan fingerprint density at radius 1 is 1.30 bits per heavy atom. The Labute approximate surface area is 196 Å². The number of hydrogen-bond acceptors (Lipinski definition) is 5. The first-order valence-corrected chi connectivity index (χ1v) is 12.3. The van der Waals surface area contributed by atoms with Crippen molar-refractivity contribution in [1.82, 2.24) is 20.4 Å². The second-order valence-electron chi connectivity index (χ2n) is 11.1. The minimum Gasteiger partial charge on any atom is -0.474 e. The van der Waals surface area contributed by atoms with Crippen LogP contribution in [0.3, 0.4) is 0 Å². The van der Waals surface area contributed by atoms with Gasteiger partial charge in [0.1, 0.15) is 5.56 Å². The quantitative estimate of drug-likeness (QED) is 0.555. The second-order valence-corrected chi connectivity index (χ2v) is 11.1. The third-order valence-corrected chi connectivity index (χ3v) is 7.44.